The predicted molar refractivity (Wildman–Crippen MR) is 81.5 cm³/mol. The molecule has 0 aliphatic heterocycles. The van der Waals surface area contributed by atoms with E-state index in [4.69, 9.17) is 15.2 Å². The maximum absolute atomic E-state index is 12.1. The van der Waals surface area contributed by atoms with Crippen molar-refractivity contribution in [3.05, 3.63) is 24.3 Å². The second kappa shape index (κ2) is 6.80. The number of hydrogen-bond donors (Lipinski definition) is 2. The van der Waals surface area contributed by atoms with Gasteiger partial charge in [0, 0.05) is 0 Å². The molecule has 1 amide bonds. The highest BCUT2D eigenvalue weighted by atomic mass is 16.5. The predicted octanol–water partition coefficient (Wildman–Crippen LogP) is 1.85. The van der Waals surface area contributed by atoms with E-state index in [-0.39, 0.29) is 12.0 Å². The largest absolute Gasteiger partial charge is 0.493 e. The molecule has 3 N–H and O–H groups in total. The zero-order chi connectivity index (χ0) is 15.3. The van der Waals surface area contributed by atoms with Crippen molar-refractivity contribution >= 4 is 5.91 Å². The van der Waals surface area contributed by atoms with Crippen molar-refractivity contribution in [1.29, 1.82) is 0 Å². The van der Waals surface area contributed by atoms with E-state index in [0.29, 0.717) is 18.0 Å². The number of carbonyl (C=O) groups is 1. The Balaban J connectivity index is 1.84. The topological polar surface area (TPSA) is 73.6 Å². The Morgan fingerprint density at radius 2 is 1.95 bits per heavy atom. The molecule has 1 saturated carbocycles. The van der Waals surface area contributed by atoms with E-state index in [1.807, 2.05) is 31.2 Å². The molecule has 1 aromatic carbocycles. The Morgan fingerprint density at radius 1 is 1.33 bits per heavy atom. The van der Waals surface area contributed by atoms with Crippen molar-refractivity contribution < 1.29 is 14.3 Å². The van der Waals surface area contributed by atoms with E-state index >= 15 is 0 Å². The molecule has 0 saturated heterocycles. The van der Waals surface area contributed by atoms with E-state index in [2.05, 4.69) is 5.32 Å². The number of benzene rings is 1. The Bertz CT molecular complexity index is 484. The maximum Gasteiger partial charge on any atom is 0.240 e. The molecule has 0 radical (unpaired) electrons. The highest BCUT2D eigenvalue weighted by Crippen LogP contribution is 2.28. The summed E-state index contributed by atoms with van der Waals surface area (Å²) in [4.78, 5) is 12.1. The molecule has 1 fully saturated rings. The van der Waals surface area contributed by atoms with Crippen LogP contribution in [0.3, 0.4) is 0 Å². The normalized spacial score (nSPS) is 18.0. The van der Waals surface area contributed by atoms with Gasteiger partial charge in [0.05, 0.1) is 19.2 Å². The SMILES string of the molecule is COc1ccccc1OC(C)CNC(=O)C1(N)CCCC1. The monoisotopic (exact) mass is 292 g/mol. The van der Waals surface area contributed by atoms with Gasteiger partial charge >= 0.3 is 0 Å². The van der Waals surface area contributed by atoms with Crippen molar-refractivity contribution in [1.82, 2.24) is 5.32 Å². The molecule has 2 rings (SSSR count). The first-order valence-corrected chi connectivity index (χ1v) is 7.42. The summed E-state index contributed by atoms with van der Waals surface area (Å²) < 4.78 is 11.0. The van der Waals surface area contributed by atoms with Gasteiger partial charge in [-0.2, -0.15) is 0 Å². The minimum Gasteiger partial charge on any atom is -0.493 e. The molecule has 1 aromatic rings. The number of ether oxygens (including phenoxy) is 2. The molecule has 1 aliphatic rings. The number of hydrogen-bond acceptors (Lipinski definition) is 4. The first kappa shape index (κ1) is 15.6. The molecule has 5 nitrogen and oxygen atoms in total. The Hall–Kier alpha value is -1.75. The van der Waals surface area contributed by atoms with Crippen LogP contribution < -0.4 is 20.5 Å². The number of para-hydroxylation sites is 2. The van der Waals surface area contributed by atoms with Gasteiger partial charge in [-0.3, -0.25) is 4.79 Å². The average molecular weight is 292 g/mol. The molecule has 5 heteroatoms. The highest BCUT2D eigenvalue weighted by molar-refractivity contribution is 5.86. The fourth-order valence-corrected chi connectivity index (χ4v) is 2.62. The quantitative estimate of drug-likeness (QED) is 0.839. The first-order chi connectivity index (χ1) is 10.0. The average Bonchev–Trinajstić information content (AvgIpc) is 2.93. The number of amides is 1. The molecule has 0 heterocycles. The summed E-state index contributed by atoms with van der Waals surface area (Å²) in [6, 6.07) is 7.46. The summed E-state index contributed by atoms with van der Waals surface area (Å²) >= 11 is 0. The van der Waals surface area contributed by atoms with Crippen molar-refractivity contribution in [3.63, 3.8) is 0 Å². The zero-order valence-electron chi connectivity index (χ0n) is 12.7. The van der Waals surface area contributed by atoms with Crippen molar-refractivity contribution in [2.24, 2.45) is 5.73 Å². The summed E-state index contributed by atoms with van der Waals surface area (Å²) in [5.41, 5.74) is 5.42. The molecule has 1 atom stereocenters. The Kier molecular flexibility index (Phi) is 5.07. The first-order valence-electron chi connectivity index (χ1n) is 7.42. The number of methoxy groups -OCH3 is 1. The molecule has 116 valence electrons. The molecule has 0 spiro atoms. The van der Waals surface area contributed by atoms with Crippen LogP contribution in [0.15, 0.2) is 24.3 Å². The van der Waals surface area contributed by atoms with Crippen LogP contribution in [0.2, 0.25) is 0 Å². The number of nitrogens with one attached hydrogen (secondary N) is 1. The fraction of sp³-hybridized carbons (Fsp3) is 0.562. The summed E-state index contributed by atoms with van der Waals surface area (Å²) in [7, 11) is 1.60. The minimum atomic E-state index is -0.690. The van der Waals surface area contributed by atoms with E-state index in [0.717, 1.165) is 25.7 Å². The van der Waals surface area contributed by atoms with Gasteiger partial charge in [0.2, 0.25) is 5.91 Å². The van der Waals surface area contributed by atoms with Crippen molar-refractivity contribution in [2.45, 2.75) is 44.2 Å². The number of carbonyl (C=O) groups excluding carboxylic acids is 1. The third-order valence-corrected chi connectivity index (χ3v) is 3.90. The molecular weight excluding hydrogens is 268 g/mol. The van der Waals surface area contributed by atoms with Crippen LogP contribution in [0.5, 0.6) is 11.5 Å². The van der Waals surface area contributed by atoms with Gasteiger partial charge in [0.25, 0.3) is 0 Å². The van der Waals surface area contributed by atoms with Crippen LogP contribution in [-0.4, -0.2) is 31.2 Å². The van der Waals surface area contributed by atoms with Crippen LogP contribution >= 0.6 is 0 Å². The smallest absolute Gasteiger partial charge is 0.240 e. The van der Waals surface area contributed by atoms with Crippen LogP contribution in [-0.2, 0) is 4.79 Å². The van der Waals surface area contributed by atoms with Crippen molar-refractivity contribution in [2.75, 3.05) is 13.7 Å². The fourth-order valence-electron chi connectivity index (χ4n) is 2.62. The lowest BCUT2D eigenvalue weighted by atomic mass is 9.98. The second-order valence-corrected chi connectivity index (χ2v) is 5.65. The van der Waals surface area contributed by atoms with Gasteiger partial charge in [0.15, 0.2) is 11.5 Å². The summed E-state index contributed by atoms with van der Waals surface area (Å²) in [6.45, 7) is 2.33. The maximum atomic E-state index is 12.1. The van der Waals surface area contributed by atoms with Crippen LogP contribution in [0.25, 0.3) is 0 Å². The number of rotatable bonds is 6. The van der Waals surface area contributed by atoms with Gasteiger partial charge < -0.3 is 20.5 Å². The van der Waals surface area contributed by atoms with E-state index in [9.17, 15) is 4.79 Å². The summed E-state index contributed by atoms with van der Waals surface area (Å²) in [5, 5.41) is 2.89. The van der Waals surface area contributed by atoms with Gasteiger partial charge in [-0.15, -0.1) is 0 Å². The third-order valence-electron chi connectivity index (χ3n) is 3.90. The lowest BCUT2D eigenvalue weighted by Gasteiger charge is -2.24. The second-order valence-electron chi connectivity index (χ2n) is 5.65. The lowest BCUT2D eigenvalue weighted by molar-refractivity contribution is -0.126. The van der Waals surface area contributed by atoms with E-state index in [1.54, 1.807) is 7.11 Å². The zero-order valence-corrected chi connectivity index (χ0v) is 12.7. The Morgan fingerprint density at radius 3 is 2.57 bits per heavy atom. The molecule has 1 unspecified atom stereocenters. The molecule has 1 aliphatic carbocycles. The number of nitrogens with two attached hydrogens (primary N) is 1. The van der Waals surface area contributed by atoms with E-state index < -0.39 is 5.54 Å². The molecule has 21 heavy (non-hydrogen) atoms. The molecular formula is C16H24N2O3. The minimum absolute atomic E-state index is 0.0736. The summed E-state index contributed by atoms with van der Waals surface area (Å²) in [6.07, 6.45) is 3.42. The van der Waals surface area contributed by atoms with Gasteiger partial charge in [0.1, 0.15) is 6.10 Å². The van der Waals surface area contributed by atoms with Crippen LogP contribution in [0, 0.1) is 0 Å². The van der Waals surface area contributed by atoms with Crippen LogP contribution in [0.1, 0.15) is 32.6 Å². The van der Waals surface area contributed by atoms with Crippen LogP contribution in [0.4, 0.5) is 0 Å². The molecule has 0 bridgehead atoms. The lowest BCUT2D eigenvalue weighted by Crippen LogP contribution is -2.53. The standard InChI is InChI=1S/C16H24N2O3/c1-12(21-14-8-4-3-7-13(14)20-2)11-18-15(19)16(17)9-5-6-10-16/h3-4,7-8,12H,5-6,9-11,17H2,1-2H3,(H,18,19). The van der Waals surface area contributed by atoms with Gasteiger partial charge in [-0.05, 0) is 31.9 Å². The van der Waals surface area contributed by atoms with Gasteiger partial charge in [-0.1, -0.05) is 25.0 Å². The van der Waals surface area contributed by atoms with Crippen molar-refractivity contribution in [3.8, 4) is 11.5 Å². The van der Waals surface area contributed by atoms with Gasteiger partial charge in [-0.25, -0.2) is 0 Å². The third kappa shape index (κ3) is 3.88. The molecule has 0 aromatic heterocycles. The summed E-state index contributed by atoms with van der Waals surface area (Å²) in [5.74, 6) is 1.28. The highest BCUT2D eigenvalue weighted by Gasteiger charge is 2.36. The van der Waals surface area contributed by atoms with E-state index in [1.165, 1.54) is 0 Å². The Labute approximate surface area is 125 Å².